The van der Waals surface area contributed by atoms with E-state index in [4.69, 9.17) is 4.42 Å². The number of H-pyrrole nitrogens is 1. The average molecular weight is 334 g/mol. The molecule has 0 amide bonds. The third-order valence-corrected chi connectivity index (χ3v) is 4.38. The van der Waals surface area contributed by atoms with Gasteiger partial charge < -0.3 is 9.40 Å². The number of nitrogens with one attached hydrogen (secondary N) is 1. The van der Waals surface area contributed by atoms with Crippen molar-refractivity contribution in [2.24, 2.45) is 0 Å². The molecular formula is C19H14N2O4. The molecule has 25 heavy (non-hydrogen) atoms. The number of rotatable bonds is 2. The number of nitro benzene ring substituents is 1. The quantitative estimate of drug-likeness (QED) is 0.333. The third kappa shape index (κ3) is 2.39. The third-order valence-electron chi connectivity index (χ3n) is 4.38. The Morgan fingerprint density at radius 1 is 1.08 bits per heavy atom. The monoisotopic (exact) mass is 334 g/mol. The lowest BCUT2D eigenvalue weighted by Crippen LogP contribution is -1.98. The van der Waals surface area contributed by atoms with Crippen molar-refractivity contribution >= 4 is 27.6 Å². The number of nitro groups is 1. The lowest BCUT2D eigenvalue weighted by Gasteiger charge is -2.04. The van der Waals surface area contributed by atoms with Gasteiger partial charge in [-0.15, -0.1) is 0 Å². The fourth-order valence-electron chi connectivity index (χ4n) is 3.25. The Labute approximate surface area is 141 Å². The molecule has 0 atom stereocenters. The molecule has 2 aromatic carbocycles. The second-order valence-electron chi connectivity index (χ2n) is 6.09. The maximum atomic E-state index is 11.6. The summed E-state index contributed by atoms with van der Waals surface area (Å²) in [4.78, 5) is 25.6. The molecule has 1 N–H and O–H groups in total. The van der Waals surface area contributed by atoms with Crippen molar-refractivity contribution < 1.29 is 9.34 Å². The van der Waals surface area contributed by atoms with E-state index >= 15 is 0 Å². The molecule has 0 aliphatic heterocycles. The Hall–Kier alpha value is -3.41. The summed E-state index contributed by atoms with van der Waals surface area (Å²) in [6.07, 6.45) is 0. The molecule has 0 saturated carbocycles. The number of non-ortho nitro benzene ring substituents is 1. The molecule has 0 radical (unpaired) electrons. The topological polar surface area (TPSA) is 89.1 Å². The van der Waals surface area contributed by atoms with E-state index in [1.807, 2.05) is 32.0 Å². The fourth-order valence-corrected chi connectivity index (χ4v) is 3.25. The Morgan fingerprint density at radius 2 is 1.88 bits per heavy atom. The summed E-state index contributed by atoms with van der Waals surface area (Å²) in [6, 6.07) is 11.7. The molecule has 0 bridgehead atoms. The van der Waals surface area contributed by atoms with Crippen molar-refractivity contribution in [3.8, 4) is 11.3 Å². The molecule has 4 rings (SSSR count). The maximum absolute atomic E-state index is 11.6. The summed E-state index contributed by atoms with van der Waals surface area (Å²) in [6.45, 7) is 3.80. The highest BCUT2D eigenvalue weighted by Gasteiger charge is 2.14. The number of hydrogen-bond acceptors (Lipinski definition) is 4. The van der Waals surface area contributed by atoms with Crippen LogP contribution in [0.5, 0.6) is 0 Å². The van der Waals surface area contributed by atoms with Crippen LogP contribution < -0.4 is 5.63 Å². The molecule has 4 aromatic rings. The van der Waals surface area contributed by atoms with Crippen molar-refractivity contribution in [3.05, 3.63) is 74.1 Å². The Morgan fingerprint density at radius 3 is 2.64 bits per heavy atom. The second kappa shape index (κ2) is 5.31. The van der Waals surface area contributed by atoms with Crippen LogP contribution in [0.3, 0.4) is 0 Å². The van der Waals surface area contributed by atoms with E-state index in [-0.39, 0.29) is 11.3 Å². The van der Waals surface area contributed by atoms with Crippen LogP contribution in [-0.4, -0.2) is 9.91 Å². The molecule has 0 aliphatic carbocycles. The van der Waals surface area contributed by atoms with E-state index in [0.717, 1.165) is 38.7 Å². The van der Waals surface area contributed by atoms with Gasteiger partial charge in [0.1, 0.15) is 5.58 Å². The molecular weight excluding hydrogens is 320 g/mol. The number of aromatic nitrogens is 1. The zero-order valence-electron chi connectivity index (χ0n) is 13.6. The summed E-state index contributed by atoms with van der Waals surface area (Å²) in [5.41, 5.74) is 4.41. The van der Waals surface area contributed by atoms with Crippen LogP contribution in [0.25, 0.3) is 33.1 Å². The highest BCUT2D eigenvalue weighted by Crippen LogP contribution is 2.34. The lowest BCUT2D eigenvalue weighted by molar-refractivity contribution is -0.384. The number of hydrogen-bond donors (Lipinski definition) is 1. The Bertz CT molecular complexity index is 1220. The maximum Gasteiger partial charge on any atom is 0.336 e. The van der Waals surface area contributed by atoms with E-state index < -0.39 is 4.92 Å². The van der Waals surface area contributed by atoms with Crippen molar-refractivity contribution in [1.82, 2.24) is 4.98 Å². The van der Waals surface area contributed by atoms with Gasteiger partial charge in [-0.2, -0.15) is 0 Å². The average Bonchev–Trinajstić information content (AvgIpc) is 3.00. The van der Waals surface area contributed by atoms with Crippen LogP contribution in [0, 0.1) is 24.0 Å². The van der Waals surface area contributed by atoms with Crippen LogP contribution in [-0.2, 0) is 0 Å². The van der Waals surface area contributed by atoms with Gasteiger partial charge in [0.05, 0.1) is 4.92 Å². The van der Waals surface area contributed by atoms with Crippen LogP contribution >= 0.6 is 0 Å². The molecule has 2 heterocycles. The molecule has 0 aliphatic rings. The van der Waals surface area contributed by atoms with Gasteiger partial charge in [-0.05, 0) is 37.1 Å². The summed E-state index contributed by atoms with van der Waals surface area (Å²) in [5.74, 6) is 0. The normalized spacial score (nSPS) is 11.3. The minimum atomic E-state index is -0.411. The summed E-state index contributed by atoms with van der Waals surface area (Å²) < 4.78 is 5.34. The molecule has 6 heteroatoms. The molecule has 0 unspecified atom stereocenters. The molecule has 124 valence electrons. The van der Waals surface area contributed by atoms with Crippen molar-refractivity contribution in [2.75, 3.05) is 0 Å². The smallest absolute Gasteiger partial charge is 0.336 e. The first-order valence-electron chi connectivity index (χ1n) is 7.75. The summed E-state index contributed by atoms with van der Waals surface area (Å²) in [5, 5.41) is 12.8. The van der Waals surface area contributed by atoms with E-state index in [9.17, 15) is 14.9 Å². The van der Waals surface area contributed by atoms with E-state index in [2.05, 4.69) is 4.98 Å². The number of benzene rings is 2. The van der Waals surface area contributed by atoms with Gasteiger partial charge in [-0.3, -0.25) is 10.1 Å². The van der Waals surface area contributed by atoms with Gasteiger partial charge >= 0.3 is 5.63 Å². The van der Waals surface area contributed by atoms with Gasteiger partial charge in [-0.1, -0.05) is 12.1 Å². The van der Waals surface area contributed by atoms with Gasteiger partial charge in [0.15, 0.2) is 0 Å². The zero-order chi connectivity index (χ0) is 17.7. The van der Waals surface area contributed by atoms with Crippen LogP contribution in [0.1, 0.15) is 11.1 Å². The number of aromatic amines is 1. The van der Waals surface area contributed by atoms with Gasteiger partial charge in [0.25, 0.3) is 5.69 Å². The molecule has 0 spiro atoms. The predicted octanol–water partition coefficient (Wildman–Crippen LogP) is 4.47. The SMILES string of the molecule is Cc1cc2oc(=O)cc(C)c2c2cc(-c3cccc([N+](=O)[O-])c3)[nH]c12. The highest BCUT2D eigenvalue weighted by molar-refractivity contribution is 6.09. The Balaban J connectivity index is 2.04. The van der Waals surface area contributed by atoms with Gasteiger partial charge in [-0.25, -0.2) is 4.79 Å². The molecule has 0 saturated heterocycles. The first kappa shape index (κ1) is 15.1. The first-order chi connectivity index (χ1) is 11.9. The minimum absolute atomic E-state index is 0.0416. The van der Waals surface area contributed by atoms with Gasteiger partial charge in [0.2, 0.25) is 0 Å². The first-order valence-corrected chi connectivity index (χ1v) is 7.75. The number of nitrogens with zero attached hydrogens (tertiary/aromatic N) is 1. The standard InChI is InChI=1S/C19H14N2O4/c1-10-7-17(22)25-16-6-11(2)19-14(18(10)16)9-15(20-19)12-4-3-5-13(8-12)21(23)24/h3-9,20H,1-2H3. The molecule has 2 aromatic heterocycles. The van der Waals surface area contributed by atoms with E-state index in [0.29, 0.717) is 5.58 Å². The van der Waals surface area contributed by atoms with Crippen LogP contribution in [0.15, 0.2) is 51.7 Å². The fraction of sp³-hybridized carbons (Fsp3) is 0.105. The van der Waals surface area contributed by atoms with E-state index in [1.165, 1.54) is 18.2 Å². The summed E-state index contributed by atoms with van der Waals surface area (Å²) >= 11 is 0. The number of fused-ring (bicyclic) bond motifs is 3. The van der Waals surface area contributed by atoms with Crippen LogP contribution in [0.2, 0.25) is 0 Å². The Kier molecular flexibility index (Phi) is 3.21. The largest absolute Gasteiger partial charge is 0.423 e. The van der Waals surface area contributed by atoms with Gasteiger partial charge in [0, 0.05) is 45.7 Å². The van der Waals surface area contributed by atoms with E-state index in [1.54, 1.807) is 6.07 Å². The molecule has 0 fully saturated rings. The second-order valence-corrected chi connectivity index (χ2v) is 6.09. The highest BCUT2D eigenvalue weighted by atomic mass is 16.6. The lowest BCUT2D eigenvalue weighted by atomic mass is 10.0. The zero-order valence-corrected chi connectivity index (χ0v) is 13.6. The van der Waals surface area contributed by atoms with Crippen molar-refractivity contribution in [3.63, 3.8) is 0 Å². The summed E-state index contributed by atoms with van der Waals surface area (Å²) in [7, 11) is 0. The van der Waals surface area contributed by atoms with Crippen molar-refractivity contribution in [1.29, 1.82) is 0 Å². The van der Waals surface area contributed by atoms with Crippen molar-refractivity contribution in [2.45, 2.75) is 13.8 Å². The van der Waals surface area contributed by atoms with Crippen LogP contribution in [0.4, 0.5) is 5.69 Å². The predicted molar refractivity (Wildman–Crippen MR) is 95.9 cm³/mol. The minimum Gasteiger partial charge on any atom is -0.423 e. The number of aryl methyl sites for hydroxylation is 2. The molecule has 6 nitrogen and oxygen atoms in total.